The maximum Gasteiger partial charge on any atom is 0.410 e. The molecule has 2 heterocycles. The van der Waals surface area contributed by atoms with Crippen LogP contribution in [0.3, 0.4) is 0 Å². The molecule has 0 aliphatic carbocycles. The zero-order chi connectivity index (χ0) is 17.2. The first-order valence-electron chi connectivity index (χ1n) is 7.67. The minimum atomic E-state index is -0.460. The molecule has 1 aliphatic heterocycles. The van der Waals surface area contributed by atoms with Crippen LogP contribution in [-0.2, 0) is 11.3 Å². The van der Waals surface area contributed by atoms with Crippen LogP contribution in [0.2, 0.25) is 5.15 Å². The summed E-state index contributed by atoms with van der Waals surface area (Å²) in [5.41, 5.74) is 0.637. The van der Waals surface area contributed by atoms with Gasteiger partial charge in [-0.3, -0.25) is 4.90 Å². The number of halogens is 2. The van der Waals surface area contributed by atoms with E-state index in [9.17, 15) is 4.79 Å². The molecule has 1 aliphatic rings. The molecule has 0 spiro atoms. The SMILES string of the molecule is C[C@H]1CN(C(=O)OC(C)(C)C)CCN1Cc1cnc(Cl)c(Br)c1. The number of carbonyl (C=O) groups is 1. The van der Waals surface area contributed by atoms with Gasteiger partial charge in [0.1, 0.15) is 10.8 Å². The Balaban J connectivity index is 1.93. The number of piperazine rings is 1. The lowest BCUT2D eigenvalue weighted by molar-refractivity contribution is 0.00460. The van der Waals surface area contributed by atoms with Gasteiger partial charge in [0.05, 0.1) is 4.47 Å². The lowest BCUT2D eigenvalue weighted by Gasteiger charge is -2.40. The lowest BCUT2D eigenvalue weighted by Crippen LogP contribution is -2.54. The van der Waals surface area contributed by atoms with E-state index in [4.69, 9.17) is 16.3 Å². The number of rotatable bonds is 2. The van der Waals surface area contributed by atoms with E-state index < -0.39 is 5.60 Å². The third-order valence-corrected chi connectivity index (χ3v) is 4.79. The summed E-state index contributed by atoms with van der Waals surface area (Å²) in [5, 5.41) is 0.469. The number of hydrogen-bond donors (Lipinski definition) is 0. The van der Waals surface area contributed by atoms with Crippen molar-refractivity contribution in [2.75, 3.05) is 19.6 Å². The van der Waals surface area contributed by atoms with E-state index >= 15 is 0 Å². The van der Waals surface area contributed by atoms with Crippen LogP contribution < -0.4 is 0 Å². The maximum absolute atomic E-state index is 12.2. The number of pyridine rings is 1. The van der Waals surface area contributed by atoms with Gasteiger partial charge in [-0.25, -0.2) is 9.78 Å². The number of hydrogen-bond acceptors (Lipinski definition) is 4. The van der Waals surface area contributed by atoms with Gasteiger partial charge < -0.3 is 9.64 Å². The fourth-order valence-corrected chi connectivity index (χ4v) is 3.00. The quantitative estimate of drug-likeness (QED) is 0.700. The van der Waals surface area contributed by atoms with E-state index in [0.717, 1.165) is 23.1 Å². The van der Waals surface area contributed by atoms with Crippen molar-refractivity contribution >= 4 is 33.6 Å². The second-order valence-corrected chi connectivity index (χ2v) is 8.07. The van der Waals surface area contributed by atoms with Crippen LogP contribution in [0.1, 0.15) is 33.3 Å². The largest absolute Gasteiger partial charge is 0.444 e. The second-order valence-electron chi connectivity index (χ2n) is 6.86. The minimum absolute atomic E-state index is 0.236. The molecule has 0 N–H and O–H groups in total. The molecule has 1 atom stereocenters. The molecular weight excluding hydrogens is 382 g/mol. The van der Waals surface area contributed by atoms with E-state index in [1.807, 2.05) is 26.8 Å². The van der Waals surface area contributed by atoms with Crippen LogP contribution in [0.25, 0.3) is 0 Å². The van der Waals surface area contributed by atoms with Crippen LogP contribution in [0.15, 0.2) is 16.7 Å². The van der Waals surface area contributed by atoms with Crippen LogP contribution in [-0.4, -0.2) is 52.2 Å². The number of carbonyl (C=O) groups excluding carboxylic acids is 1. The monoisotopic (exact) mass is 403 g/mol. The van der Waals surface area contributed by atoms with Gasteiger partial charge in [-0.2, -0.15) is 0 Å². The minimum Gasteiger partial charge on any atom is -0.444 e. The zero-order valence-corrected chi connectivity index (χ0v) is 16.3. The molecule has 1 fully saturated rings. The molecule has 0 aromatic carbocycles. The first-order chi connectivity index (χ1) is 10.7. The average Bonchev–Trinajstić information content (AvgIpc) is 2.43. The van der Waals surface area contributed by atoms with E-state index in [-0.39, 0.29) is 12.1 Å². The Bertz CT molecular complexity index is 577. The van der Waals surface area contributed by atoms with Gasteiger partial charge in [0.15, 0.2) is 0 Å². The van der Waals surface area contributed by atoms with Crippen molar-refractivity contribution in [3.05, 3.63) is 27.5 Å². The smallest absolute Gasteiger partial charge is 0.410 e. The predicted octanol–water partition coefficient (Wildman–Crippen LogP) is 3.94. The first-order valence-corrected chi connectivity index (χ1v) is 8.84. The van der Waals surface area contributed by atoms with Crippen LogP contribution >= 0.6 is 27.5 Å². The number of ether oxygens (including phenoxy) is 1. The van der Waals surface area contributed by atoms with Crippen LogP contribution in [0, 0.1) is 0 Å². The Labute approximate surface area is 151 Å². The molecular formula is C16H23BrClN3O2. The standard InChI is InChI=1S/C16H23BrClN3O2/c1-11-9-21(15(22)23-16(2,3)4)6-5-20(11)10-12-7-13(17)14(18)19-8-12/h7-8,11H,5-6,9-10H2,1-4H3/t11-/m0/s1. The van der Waals surface area contributed by atoms with Gasteiger partial charge in [0, 0.05) is 38.4 Å². The Hall–Kier alpha value is -0.850. The highest BCUT2D eigenvalue weighted by Gasteiger charge is 2.29. The van der Waals surface area contributed by atoms with E-state index in [2.05, 4.69) is 32.7 Å². The van der Waals surface area contributed by atoms with Gasteiger partial charge in [0.25, 0.3) is 0 Å². The summed E-state index contributed by atoms with van der Waals surface area (Å²) in [5.74, 6) is 0. The Morgan fingerprint density at radius 3 is 2.74 bits per heavy atom. The van der Waals surface area contributed by atoms with E-state index in [0.29, 0.717) is 18.2 Å². The molecule has 0 saturated carbocycles. The predicted molar refractivity (Wildman–Crippen MR) is 94.6 cm³/mol. The summed E-state index contributed by atoms with van der Waals surface area (Å²) in [6.45, 7) is 10.7. The summed E-state index contributed by atoms with van der Waals surface area (Å²) < 4.78 is 6.25. The third kappa shape index (κ3) is 5.33. The highest BCUT2D eigenvalue weighted by molar-refractivity contribution is 9.10. The van der Waals surface area contributed by atoms with E-state index in [1.54, 1.807) is 11.1 Å². The highest BCUT2D eigenvalue weighted by atomic mass is 79.9. The van der Waals surface area contributed by atoms with E-state index in [1.165, 1.54) is 0 Å². The van der Waals surface area contributed by atoms with Gasteiger partial charge in [-0.15, -0.1) is 0 Å². The molecule has 1 aromatic heterocycles. The molecule has 1 aromatic rings. The van der Waals surface area contributed by atoms with Crippen molar-refractivity contribution in [3.8, 4) is 0 Å². The zero-order valence-electron chi connectivity index (χ0n) is 14.0. The van der Waals surface area contributed by atoms with Crippen molar-refractivity contribution in [1.82, 2.24) is 14.8 Å². The molecule has 1 saturated heterocycles. The number of nitrogens with zero attached hydrogens (tertiary/aromatic N) is 3. The molecule has 2 rings (SSSR count). The van der Waals surface area contributed by atoms with Gasteiger partial charge in [0.2, 0.25) is 0 Å². The molecule has 128 valence electrons. The number of aromatic nitrogens is 1. The Morgan fingerprint density at radius 2 is 2.17 bits per heavy atom. The summed E-state index contributed by atoms with van der Waals surface area (Å²) in [6, 6.07) is 2.24. The molecule has 0 radical (unpaired) electrons. The second kappa shape index (κ2) is 7.36. The van der Waals surface area contributed by atoms with Crippen LogP contribution in [0.5, 0.6) is 0 Å². The molecule has 1 amide bonds. The van der Waals surface area contributed by atoms with Gasteiger partial charge >= 0.3 is 6.09 Å². The fourth-order valence-electron chi connectivity index (χ4n) is 2.50. The maximum atomic E-state index is 12.2. The first kappa shape index (κ1) is 18.5. The summed E-state index contributed by atoms with van der Waals surface area (Å²) >= 11 is 9.33. The van der Waals surface area contributed by atoms with Crippen molar-refractivity contribution in [3.63, 3.8) is 0 Å². The molecule has 7 heteroatoms. The van der Waals surface area contributed by atoms with Crippen molar-refractivity contribution in [1.29, 1.82) is 0 Å². The van der Waals surface area contributed by atoms with Crippen LogP contribution in [0.4, 0.5) is 4.79 Å². The number of amides is 1. The van der Waals surface area contributed by atoms with Crippen molar-refractivity contribution in [2.24, 2.45) is 0 Å². The molecule has 5 nitrogen and oxygen atoms in total. The molecule has 0 bridgehead atoms. The summed E-state index contributed by atoms with van der Waals surface area (Å²) in [6.07, 6.45) is 1.56. The summed E-state index contributed by atoms with van der Waals surface area (Å²) in [4.78, 5) is 20.4. The molecule has 23 heavy (non-hydrogen) atoms. The third-order valence-electron chi connectivity index (χ3n) is 3.66. The van der Waals surface area contributed by atoms with Crippen molar-refractivity contribution in [2.45, 2.75) is 45.9 Å². The molecule has 0 unspecified atom stereocenters. The topological polar surface area (TPSA) is 45.7 Å². The summed E-state index contributed by atoms with van der Waals surface area (Å²) in [7, 11) is 0. The lowest BCUT2D eigenvalue weighted by atomic mass is 10.1. The normalized spacial score (nSPS) is 19.7. The van der Waals surface area contributed by atoms with Gasteiger partial charge in [-0.1, -0.05) is 11.6 Å². The van der Waals surface area contributed by atoms with Crippen molar-refractivity contribution < 1.29 is 9.53 Å². The van der Waals surface area contributed by atoms with Gasteiger partial charge in [-0.05, 0) is 55.3 Å². The average molecular weight is 405 g/mol. The highest BCUT2D eigenvalue weighted by Crippen LogP contribution is 2.22. The Kier molecular flexibility index (Phi) is 5.92. The Morgan fingerprint density at radius 1 is 1.48 bits per heavy atom. The fraction of sp³-hybridized carbons (Fsp3) is 0.625.